The highest BCUT2D eigenvalue weighted by Crippen LogP contribution is 2.29. The van der Waals surface area contributed by atoms with Crippen LogP contribution in [0.25, 0.3) is 0 Å². The highest BCUT2D eigenvalue weighted by atomic mass is 35.5. The van der Waals surface area contributed by atoms with Gasteiger partial charge >= 0.3 is 0 Å². The van der Waals surface area contributed by atoms with Gasteiger partial charge in [-0.3, -0.25) is 4.79 Å². The molecule has 1 amide bonds. The van der Waals surface area contributed by atoms with E-state index in [9.17, 15) is 13.2 Å². The van der Waals surface area contributed by atoms with Crippen LogP contribution in [-0.2, 0) is 21.2 Å². The molecule has 3 rings (SSSR count). The zero-order valence-corrected chi connectivity index (χ0v) is 17.5. The molecule has 2 fully saturated rings. The van der Waals surface area contributed by atoms with E-state index in [-0.39, 0.29) is 30.8 Å². The van der Waals surface area contributed by atoms with Crippen molar-refractivity contribution in [3.8, 4) is 0 Å². The number of rotatable bonds is 5. The zero-order valence-electron chi connectivity index (χ0n) is 15.1. The highest BCUT2D eigenvalue weighted by Gasteiger charge is 2.31. The molecule has 26 heavy (non-hydrogen) atoms. The summed E-state index contributed by atoms with van der Waals surface area (Å²) in [6, 6.07) is 3.51. The number of hydrogen-bond acceptors (Lipinski definition) is 5. The monoisotopic (exact) mass is 421 g/mol. The fourth-order valence-electron chi connectivity index (χ4n) is 3.70. The summed E-state index contributed by atoms with van der Waals surface area (Å²) in [5.74, 6) is 0.644. The maximum Gasteiger partial charge on any atom is 0.252 e. The van der Waals surface area contributed by atoms with E-state index < -0.39 is 10.0 Å². The van der Waals surface area contributed by atoms with Crippen LogP contribution in [0.1, 0.15) is 37.5 Å². The van der Waals surface area contributed by atoms with Crippen molar-refractivity contribution in [2.75, 3.05) is 26.2 Å². The number of thiophene rings is 1. The van der Waals surface area contributed by atoms with Crippen molar-refractivity contribution in [2.45, 2.75) is 49.3 Å². The first-order valence-electron chi connectivity index (χ1n) is 9.00. The van der Waals surface area contributed by atoms with E-state index >= 15 is 0 Å². The third-order valence-corrected chi connectivity index (χ3v) is 8.64. The van der Waals surface area contributed by atoms with Crippen LogP contribution in [-0.4, -0.2) is 55.8 Å². The molecule has 1 aromatic heterocycles. The van der Waals surface area contributed by atoms with Gasteiger partial charge in [-0.15, -0.1) is 23.7 Å². The molecule has 2 saturated heterocycles. The molecule has 2 unspecified atom stereocenters. The molecular weight excluding hydrogens is 394 g/mol. The SMILES string of the molecule is CC1CCN(C(=O)Cc2ccc(S(=O)(=O)N3CCCC3)s2)C(CN)C1.Cl. The summed E-state index contributed by atoms with van der Waals surface area (Å²) >= 11 is 1.22. The minimum absolute atomic E-state index is 0. The quantitative estimate of drug-likeness (QED) is 0.788. The lowest BCUT2D eigenvalue weighted by Gasteiger charge is -2.38. The van der Waals surface area contributed by atoms with Gasteiger partial charge in [0.1, 0.15) is 4.21 Å². The number of likely N-dealkylation sites (tertiary alicyclic amines) is 1. The van der Waals surface area contributed by atoms with Gasteiger partial charge in [0, 0.05) is 37.1 Å². The van der Waals surface area contributed by atoms with Crippen LogP contribution in [0.3, 0.4) is 0 Å². The number of piperidine rings is 1. The number of amides is 1. The maximum absolute atomic E-state index is 12.7. The lowest BCUT2D eigenvalue weighted by molar-refractivity contribution is -0.134. The van der Waals surface area contributed by atoms with Crippen molar-refractivity contribution in [3.05, 3.63) is 17.0 Å². The van der Waals surface area contributed by atoms with E-state index in [0.717, 1.165) is 37.1 Å². The Bertz CT molecular complexity index is 717. The second kappa shape index (κ2) is 9.01. The van der Waals surface area contributed by atoms with E-state index in [1.807, 2.05) is 4.90 Å². The van der Waals surface area contributed by atoms with Gasteiger partial charge in [0.05, 0.1) is 6.42 Å². The molecular formula is C17H28ClN3O3S2. The summed E-state index contributed by atoms with van der Waals surface area (Å²) in [6.07, 6.45) is 4.04. The molecule has 0 saturated carbocycles. The smallest absolute Gasteiger partial charge is 0.252 e. The van der Waals surface area contributed by atoms with E-state index in [4.69, 9.17) is 5.73 Å². The molecule has 2 atom stereocenters. The van der Waals surface area contributed by atoms with Crippen molar-refractivity contribution in [1.82, 2.24) is 9.21 Å². The minimum atomic E-state index is -3.39. The van der Waals surface area contributed by atoms with Crippen LogP contribution in [0.5, 0.6) is 0 Å². The van der Waals surface area contributed by atoms with Crippen LogP contribution in [0.4, 0.5) is 0 Å². The lowest BCUT2D eigenvalue weighted by Crippen LogP contribution is -2.49. The van der Waals surface area contributed by atoms with Gasteiger partial charge < -0.3 is 10.6 Å². The van der Waals surface area contributed by atoms with E-state index in [1.165, 1.54) is 11.3 Å². The Hall–Kier alpha value is -0.670. The molecule has 2 N–H and O–H groups in total. The van der Waals surface area contributed by atoms with Gasteiger partial charge in [0.25, 0.3) is 10.0 Å². The minimum Gasteiger partial charge on any atom is -0.338 e. The first kappa shape index (κ1) is 21.6. The van der Waals surface area contributed by atoms with E-state index in [2.05, 4.69) is 6.92 Å². The molecule has 148 valence electrons. The van der Waals surface area contributed by atoms with Gasteiger partial charge in [-0.05, 0) is 43.7 Å². The van der Waals surface area contributed by atoms with E-state index in [1.54, 1.807) is 16.4 Å². The molecule has 6 nitrogen and oxygen atoms in total. The van der Waals surface area contributed by atoms with Crippen LogP contribution < -0.4 is 5.73 Å². The summed E-state index contributed by atoms with van der Waals surface area (Å²) < 4.78 is 27.1. The summed E-state index contributed by atoms with van der Waals surface area (Å²) in [5.41, 5.74) is 5.84. The Morgan fingerprint density at radius 2 is 1.96 bits per heavy atom. The Labute approximate surface area is 166 Å². The number of hydrogen-bond donors (Lipinski definition) is 1. The predicted octanol–water partition coefficient (Wildman–Crippen LogP) is 2.08. The normalized spacial score (nSPS) is 24.5. The average Bonchev–Trinajstić information content (AvgIpc) is 3.26. The van der Waals surface area contributed by atoms with Crippen molar-refractivity contribution < 1.29 is 13.2 Å². The fraction of sp³-hybridized carbons (Fsp3) is 0.706. The molecule has 0 aromatic carbocycles. The van der Waals surface area contributed by atoms with Crippen molar-refractivity contribution in [2.24, 2.45) is 11.7 Å². The van der Waals surface area contributed by atoms with Crippen LogP contribution in [0.15, 0.2) is 16.3 Å². The van der Waals surface area contributed by atoms with Crippen molar-refractivity contribution in [1.29, 1.82) is 0 Å². The highest BCUT2D eigenvalue weighted by molar-refractivity contribution is 7.91. The lowest BCUT2D eigenvalue weighted by atomic mass is 9.92. The molecule has 0 radical (unpaired) electrons. The molecule has 0 aliphatic carbocycles. The van der Waals surface area contributed by atoms with Gasteiger partial charge in [-0.2, -0.15) is 4.31 Å². The van der Waals surface area contributed by atoms with Gasteiger partial charge in [0.2, 0.25) is 5.91 Å². The maximum atomic E-state index is 12.7. The third-order valence-electron chi connectivity index (χ3n) is 5.19. The number of halogens is 1. The zero-order chi connectivity index (χ0) is 18.0. The molecule has 9 heteroatoms. The molecule has 2 aliphatic heterocycles. The first-order valence-corrected chi connectivity index (χ1v) is 11.3. The molecule has 0 spiro atoms. The standard InChI is InChI=1S/C17H27N3O3S2.ClH/c1-13-6-9-20(14(10-13)12-18)16(21)11-15-4-5-17(24-15)25(22,23)19-7-2-3-8-19;/h4-5,13-14H,2-3,6-12,18H2,1H3;1H. The van der Waals surface area contributed by atoms with Crippen molar-refractivity contribution >= 4 is 39.7 Å². The first-order chi connectivity index (χ1) is 11.9. The van der Waals surface area contributed by atoms with Crippen LogP contribution in [0, 0.1) is 5.92 Å². The number of sulfonamides is 1. The average molecular weight is 422 g/mol. The number of carbonyl (C=O) groups excluding carboxylic acids is 1. The van der Waals surface area contributed by atoms with Crippen LogP contribution >= 0.6 is 23.7 Å². The topological polar surface area (TPSA) is 83.7 Å². The van der Waals surface area contributed by atoms with E-state index in [0.29, 0.717) is 29.8 Å². The third kappa shape index (κ3) is 4.59. The molecule has 3 heterocycles. The van der Waals surface area contributed by atoms with Gasteiger partial charge in [-0.25, -0.2) is 8.42 Å². The number of nitrogens with two attached hydrogens (primary N) is 1. The fourth-order valence-corrected chi connectivity index (χ4v) is 6.72. The summed E-state index contributed by atoms with van der Waals surface area (Å²) in [4.78, 5) is 15.4. The Morgan fingerprint density at radius 1 is 1.27 bits per heavy atom. The number of carbonyl (C=O) groups is 1. The number of nitrogens with zero attached hydrogens (tertiary/aromatic N) is 2. The van der Waals surface area contributed by atoms with Gasteiger partial charge in [-0.1, -0.05) is 6.92 Å². The van der Waals surface area contributed by atoms with Crippen molar-refractivity contribution in [3.63, 3.8) is 0 Å². The molecule has 0 bridgehead atoms. The summed E-state index contributed by atoms with van der Waals surface area (Å²) in [6.45, 7) is 4.61. The summed E-state index contributed by atoms with van der Waals surface area (Å²) in [5, 5.41) is 0. The molecule has 2 aliphatic rings. The molecule has 1 aromatic rings. The Balaban J connectivity index is 0.00000243. The second-order valence-corrected chi connectivity index (χ2v) is 10.4. The Kier molecular flexibility index (Phi) is 7.50. The predicted molar refractivity (Wildman–Crippen MR) is 106 cm³/mol. The van der Waals surface area contributed by atoms with Crippen LogP contribution in [0.2, 0.25) is 0 Å². The van der Waals surface area contributed by atoms with Gasteiger partial charge in [0.15, 0.2) is 0 Å². The Morgan fingerprint density at radius 3 is 2.62 bits per heavy atom. The summed E-state index contributed by atoms with van der Waals surface area (Å²) in [7, 11) is -3.39. The second-order valence-electron chi connectivity index (χ2n) is 7.11. The largest absolute Gasteiger partial charge is 0.338 e.